The van der Waals surface area contributed by atoms with Crippen LogP contribution in [0.15, 0.2) is 11.6 Å². The average molecular weight is 226 g/mol. The Morgan fingerprint density at radius 1 is 1.12 bits per heavy atom. The van der Waals surface area contributed by atoms with Gasteiger partial charge in [-0.15, -0.1) is 0 Å². The van der Waals surface area contributed by atoms with Crippen molar-refractivity contribution in [2.24, 2.45) is 0 Å². The van der Waals surface area contributed by atoms with Crippen LogP contribution in [0.1, 0.15) is 52.4 Å². The number of carbonyl (C=O) groups is 2. The Morgan fingerprint density at radius 2 is 1.81 bits per heavy atom. The standard InChI is InChI=1S/C13H22O3/c1-4-5-6-7-12(9-8-11(2)14)10-13(15)16-3/h10H,4-9H2,1-3H3/b12-10+. The molecule has 0 unspecified atom stereocenters. The molecule has 0 atom stereocenters. The van der Waals surface area contributed by atoms with Gasteiger partial charge < -0.3 is 9.53 Å². The van der Waals surface area contributed by atoms with Crippen molar-refractivity contribution in [3.63, 3.8) is 0 Å². The molecular formula is C13H22O3. The van der Waals surface area contributed by atoms with Gasteiger partial charge in [0.25, 0.3) is 0 Å². The van der Waals surface area contributed by atoms with Gasteiger partial charge in [0.15, 0.2) is 0 Å². The van der Waals surface area contributed by atoms with Crippen molar-refractivity contribution in [2.45, 2.75) is 52.4 Å². The second-order valence-electron chi connectivity index (χ2n) is 3.98. The number of allylic oxidation sites excluding steroid dienone is 1. The summed E-state index contributed by atoms with van der Waals surface area (Å²) in [5, 5.41) is 0. The highest BCUT2D eigenvalue weighted by Gasteiger charge is 2.04. The number of unbranched alkanes of at least 4 members (excludes halogenated alkanes) is 2. The second-order valence-corrected chi connectivity index (χ2v) is 3.98. The highest BCUT2D eigenvalue weighted by atomic mass is 16.5. The molecule has 0 radical (unpaired) electrons. The van der Waals surface area contributed by atoms with Gasteiger partial charge in [0.1, 0.15) is 5.78 Å². The van der Waals surface area contributed by atoms with Gasteiger partial charge in [-0.05, 0) is 26.2 Å². The van der Waals surface area contributed by atoms with Crippen LogP contribution in [0.25, 0.3) is 0 Å². The van der Waals surface area contributed by atoms with Crippen LogP contribution in [0.4, 0.5) is 0 Å². The summed E-state index contributed by atoms with van der Waals surface area (Å²) in [7, 11) is 1.37. The van der Waals surface area contributed by atoms with E-state index in [1.54, 1.807) is 6.92 Å². The van der Waals surface area contributed by atoms with E-state index in [2.05, 4.69) is 11.7 Å². The van der Waals surface area contributed by atoms with Gasteiger partial charge in [-0.3, -0.25) is 0 Å². The smallest absolute Gasteiger partial charge is 0.330 e. The van der Waals surface area contributed by atoms with E-state index in [9.17, 15) is 9.59 Å². The monoisotopic (exact) mass is 226 g/mol. The SMILES string of the molecule is CCCCC/C(=C\C(=O)OC)CCC(C)=O. The molecule has 0 aromatic rings. The van der Waals surface area contributed by atoms with E-state index in [1.165, 1.54) is 13.2 Å². The van der Waals surface area contributed by atoms with Crippen molar-refractivity contribution < 1.29 is 14.3 Å². The van der Waals surface area contributed by atoms with Crippen LogP contribution in [-0.2, 0) is 14.3 Å². The molecule has 0 saturated heterocycles. The molecule has 0 aromatic carbocycles. The molecule has 0 spiro atoms. The molecule has 0 N–H and O–H groups in total. The maximum absolute atomic E-state index is 11.1. The number of rotatable bonds is 8. The number of methoxy groups -OCH3 is 1. The molecule has 0 saturated carbocycles. The maximum atomic E-state index is 11.1. The van der Waals surface area contributed by atoms with Crippen molar-refractivity contribution in [1.82, 2.24) is 0 Å². The number of esters is 1. The van der Waals surface area contributed by atoms with Gasteiger partial charge in [0.05, 0.1) is 7.11 Å². The van der Waals surface area contributed by atoms with E-state index in [-0.39, 0.29) is 11.8 Å². The number of Topliss-reactive ketones (excluding diaryl/α,β-unsaturated/α-hetero) is 1. The number of ketones is 1. The highest BCUT2D eigenvalue weighted by Crippen LogP contribution is 2.15. The van der Waals surface area contributed by atoms with E-state index >= 15 is 0 Å². The fourth-order valence-corrected chi connectivity index (χ4v) is 1.43. The van der Waals surface area contributed by atoms with Gasteiger partial charge in [-0.1, -0.05) is 25.3 Å². The van der Waals surface area contributed by atoms with Crippen molar-refractivity contribution in [3.05, 3.63) is 11.6 Å². The molecule has 0 heterocycles. The van der Waals surface area contributed by atoms with Crippen LogP contribution in [-0.4, -0.2) is 18.9 Å². The van der Waals surface area contributed by atoms with E-state index in [4.69, 9.17) is 0 Å². The molecule has 0 bridgehead atoms. The van der Waals surface area contributed by atoms with Crippen LogP contribution >= 0.6 is 0 Å². The summed E-state index contributed by atoms with van der Waals surface area (Å²) < 4.78 is 4.59. The molecule has 0 aliphatic rings. The van der Waals surface area contributed by atoms with Crippen LogP contribution in [0.3, 0.4) is 0 Å². The highest BCUT2D eigenvalue weighted by molar-refractivity contribution is 5.83. The lowest BCUT2D eigenvalue weighted by atomic mass is 10.0. The van der Waals surface area contributed by atoms with E-state index in [0.717, 1.165) is 31.3 Å². The van der Waals surface area contributed by atoms with Crippen molar-refractivity contribution in [3.8, 4) is 0 Å². The summed E-state index contributed by atoms with van der Waals surface area (Å²) in [6.45, 7) is 3.71. The summed E-state index contributed by atoms with van der Waals surface area (Å²) in [5.41, 5.74) is 1.02. The predicted octanol–water partition coefficient (Wildman–Crippen LogP) is 3.04. The Kier molecular flexibility index (Phi) is 8.49. The maximum Gasteiger partial charge on any atom is 0.330 e. The molecule has 0 fully saturated rings. The molecule has 0 rings (SSSR count). The van der Waals surface area contributed by atoms with Gasteiger partial charge in [0.2, 0.25) is 0 Å². The summed E-state index contributed by atoms with van der Waals surface area (Å²) >= 11 is 0. The summed E-state index contributed by atoms with van der Waals surface area (Å²) in [4.78, 5) is 22.0. The number of hydrogen-bond donors (Lipinski definition) is 0. The predicted molar refractivity (Wildman–Crippen MR) is 64.2 cm³/mol. The minimum absolute atomic E-state index is 0.159. The Morgan fingerprint density at radius 3 is 2.31 bits per heavy atom. The zero-order valence-electron chi connectivity index (χ0n) is 10.5. The van der Waals surface area contributed by atoms with Crippen LogP contribution in [0, 0.1) is 0 Å². The molecule has 0 amide bonds. The van der Waals surface area contributed by atoms with Gasteiger partial charge in [-0.2, -0.15) is 0 Å². The minimum Gasteiger partial charge on any atom is -0.466 e. The van der Waals surface area contributed by atoms with Gasteiger partial charge in [0, 0.05) is 12.5 Å². The van der Waals surface area contributed by atoms with Crippen LogP contribution in [0.5, 0.6) is 0 Å². The second kappa shape index (κ2) is 9.13. The van der Waals surface area contributed by atoms with Crippen molar-refractivity contribution >= 4 is 11.8 Å². The topological polar surface area (TPSA) is 43.4 Å². The van der Waals surface area contributed by atoms with Gasteiger partial charge in [-0.25, -0.2) is 4.79 Å². The lowest BCUT2D eigenvalue weighted by Gasteiger charge is -2.05. The normalized spacial score (nSPS) is 11.3. The van der Waals surface area contributed by atoms with E-state index < -0.39 is 0 Å². The van der Waals surface area contributed by atoms with E-state index in [0.29, 0.717) is 12.8 Å². The number of hydrogen-bond acceptors (Lipinski definition) is 3. The van der Waals surface area contributed by atoms with Crippen molar-refractivity contribution in [1.29, 1.82) is 0 Å². The Balaban J connectivity index is 4.20. The Bertz CT molecular complexity index is 254. The molecule has 0 aliphatic carbocycles. The third-order valence-electron chi connectivity index (χ3n) is 2.42. The fourth-order valence-electron chi connectivity index (χ4n) is 1.43. The van der Waals surface area contributed by atoms with Crippen LogP contribution in [0.2, 0.25) is 0 Å². The quantitative estimate of drug-likeness (QED) is 0.363. The third kappa shape index (κ3) is 8.21. The lowest BCUT2D eigenvalue weighted by molar-refractivity contribution is -0.135. The largest absolute Gasteiger partial charge is 0.466 e. The average Bonchev–Trinajstić information content (AvgIpc) is 2.25. The zero-order chi connectivity index (χ0) is 12.4. The summed E-state index contributed by atoms with van der Waals surface area (Å²) in [5.74, 6) is -0.165. The first-order valence-electron chi connectivity index (χ1n) is 5.87. The number of carbonyl (C=O) groups excluding carboxylic acids is 2. The Labute approximate surface area is 97.9 Å². The molecule has 3 nitrogen and oxygen atoms in total. The zero-order valence-corrected chi connectivity index (χ0v) is 10.5. The first kappa shape index (κ1) is 14.9. The molecule has 16 heavy (non-hydrogen) atoms. The molecule has 3 heteroatoms. The molecule has 0 aromatic heterocycles. The summed E-state index contributed by atoms with van der Waals surface area (Å²) in [6, 6.07) is 0. The summed E-state index contributed by atoms with van der Waals surface area (Å²) in [6.07, 6.45) is 6.96. The molecular weight excluding hydrogens is 204 g/mol. The van der Waals surface area contributed by atoms with E-state index in [1.807, 2.05) is 0 Å². The van der Waals surface area contributed by atoms with Crippen molar-refractivity contribution in [2.75, 3.05) is 7.11 Å². The fraction of sp³-hybridized carbons (Fsp3) is 0.692. The number of ether oxygens (including phenoxy) is 1. The molecule has 92 valence electrons. The lowest BCUT2D eigenvalue weighted by Crippen LogP contribution is -1.99. The third-order valence-corrected chi connectivity index (χ3v) is 2.42. The Hall–Kier alpha value is -1.12. The minimum atomic E-state index is -0.324. The van der Waals surface area contributed by atoms with Gasteiger partial charge >= 0.3 is 5.97 Å². The molecule has 0 aliphatic heterocycles. The first-order valence-corrected chi connectivity index (χ1v) is 5.87. The first-order chi connectivity index (χ1) is 7.60. The van der Waals surface area contributed by atoms with Crippen LogP contribution < -0.4 is 0 Å².